The van der Waals surface area contributed by atoms with Crippen LogP contribution in [0.25, 0.3) is 0 Å². The average Bonchev–Trinajstić information content (AvgIpc) is 3.71. The minimum Gasteiger partial charge on any atom is -0.374 e. The molecule has 0 spiro atoms. The zero-order valence-corrected chi connectivity index (χ0v) is 34.4. The molecule has 308 valence electrons. The number of ketones is 2. The van der Waals surface area contributed by atoms with Gasteiger partial charge in [0.2, 0.25) is 0 Å². The fourth-order valence-corrected chi connectivity index (χ4v) is 6.33. The lowest BCUT2D eigenvalue weighted by molar-refractivity contribution is -0.150. The van der Waals surface area contributed by atoms with E-state index in [0.29, 0.717) is 0 Å². The molecule has 1 rings (SSSR count). The number of unbranched alkanes of at least 4 members (excludes halogenated alkanes) is 28. The molecule has 1 heterocycles. The largest absolute Gasteiger partial charge is 0.466 e. The molecule has 0 unspecified atom stereocenters. The van der Waals surface area contributed by atoms with Crippen molar-refractivity contribution in [1.29, 1.82) is 0 Å². The first kappa shape index (κ1) is 52.7. The van der Waals surface area contributed by atoms with Crippen molar-refractivity contribution in [2.45, 2.75) is 225 Å². The SMILES string of the molecule is CCCCCCCCCCCCCCCCCC(=O)C(O)(CN)C(=O)CCCCCCCCCCCCCCCCC.O=P(O)(O)O.c1c[nH]cn1. The molecule has 7 N–H and O–H groups in total. The number of aliphatic hydroxyl groups is 1. The Morgan fingerprint density at radius 1 is 0.558 bits per heavy atom. The number of rotatable bonds is 35. The number of Topliss-reactive ketones (excluding diaryl/α,β-unsaturated/α-hetero) is 2. The summed E-state index contributed by atoms with van der Waals surface area (Å²) in [4.78, 5) is 53.3. The molecule has 1 aromatic rings. The fraction of sp³-hybridized carbons (Fsp3) is 0.878. The highest BCUT2D eigenvalue weighted by molar-refractivity contribution is 7.45. The molecular formula is C41H82N3O7P. The molecule has 10 nitrogen and oxygen atoms in total. The van der Waals surface area contributed by atoms with E-state index in [1.807, 2.05) is 0 Å². The number of imidazole rings is 1. The number of hydrogen-bond donors (Lipinski definition) is 6. The minimum absolute atomic E-state index is 0.260. The van der Waals surface area contributed by atoms with Gasteiger partial charge in [-0.25, -0.2) is 9.55 Å². The highest BCUT2D eigenvalue weighted by Gasteiger charge is 2.40. The van der Waals surface area contributed by atoms with Gasteiger partial charge in [-0.15, -0.1) is 0 Å². The first-order valence-electron chi connectivity index (χ1n) is 21.2. The number of carbonyl (C=O) groups is 2. The molecule has 0 bridgehead atoms. The van der Waals surface area contributed by atoms with Crippen LogP contribution in [-0.2, 0) is 14.2 Å². The Hall–Kier alpha value is -1.42. The number of carbonyl (C=O) groups excluding carboxylic acids is 2. The van der Waals surface area contributed by atoms with E-state index in [1.54, 1.807) is 18.7 Å². The molecule has 0 radical (unpaired) electrons. The normalized spacial score (nSPS) is 11.4. The topological polar surface area (TPSA) is 187 Å². The van der Waals surface area contributed by atoms with E-state index in [0.717, 1.165) is 38.5 Å². The molecule has 0 aromatic carbocycles. The summed E-state index contributed by atoms with van der Waals surface area (Å²) in [5.74, 6) is -0.740. The quantitative estimate of drug-likeness (QED) is 0.0222. The van der Waals surface area contributed by atoms with E-state index in [1.165, 1.54) is 154 Å². The predicted octanol–water partition coefficient (Wildman–Crippen LogP) is 10.8. The summed E-state index contributed by atoms with van der Waals surface area (Å²) in [5, 5.41) is 10.8. The number of aromatic amines is 1. The summed E-state index contributed by atoms with van der Waals surface area (Å²) in [5.41, 5.74) is 3.76. The van der Waals surface area contributed by atoms with Gasteiger partial charge in [0.25, 0.3) is 0 Å². The summed E-state index contributed by atoms with van der Waals surface area (Å²) >= 11 is 0. The molecule has 1 aromatic heterocycles. The van der Waals surface area contributed by atoms with Crippen LogP contribution < -0.4 is 5.73 Å². The summed E-state index contributed by atoms with van der Waals surface area (Å²) in [7, 11) is -4.64. The average molecular weight is 760 g/mol. The van der Waals surface area contributed by atoms with Crippen LogP contribution in [0.1, 0.15) is 219 Å². The molecule has 0 amide bonds. The van der Waals surface area contributed by atoms with Crippen LogP contribution in [-0.4, -0.2) is 53.5 Å². The third-order valence-corrected chi connectivity index (χ3v) is 9.64. The number of phosphoric acid groups is 1. The summed E-state index contributed by atoms with van der Waals surface area (Å²) in [6.07, 6.45) is 43.8. The Morgan fingerprint density at radius 2 is 0.808 bits per heavy atom. The molecule has 0 saturated carbocycles. The number of H-pyrrole nitrogens is 1. The van der Waals surface area contributed by atoms with Crippen molar-refractivity contribution in [2.24, 2.45) is 5.73 Å². The Balaban J connectivity index is 0. The molecule has 0 atom stereocenters. The molecule has 52 heavy (non-hydrogen) atoms. The Kier molecular flexibility index (Phi) is 39.8. The van der Waals surface area contributed by atoms with Crippen LogP contribution in [0.15, 0.2) is 18.7 Å². The first-order chi connectivity index (χ1) is 25.0. The lowest BCUT2D eigenvalue weighted by Gasteiger charge is -2.23. The van der Waals surface area contributed by atoms with Crippen molar-refractivity contribution >= 4 is 19.4 Å². The van der Waals surface area contributed by atoms with Crippen molar-refractivity contribution in [2.75, 3.05) is 6.54 Å². The molecule has 0 fully saturated rings. The zero-order valence-electron chi connectivity index (χ0n) is 33.6. The minimum atomic E-state index is -4.64. The molecule has 0 aliphatic rings. The second-order valence-electron chi connectivity index (χ2n) is 14.6. The molecule has 11 heteroatoms. The lowest BCUT2D eigenvalue weighted by Crippen LogP contribution is -2.52. The Labute approximate surface area is 318 Å². The van der Waals surface area contributed by atoms with E-state index in [4.69, 9.17) is 25.0 Å². The summed E-state index contributed by atoms with van der Waals surface area (Å²) in [6, 6.07) is 0. The monoisotopic (exact) mass is 760 g/mol. The van der Waals surface area contributed by atoms with Gasteiger partial charge in [0, 0.05) is 31.8 Å². The van der Waals surface area contributed by atoms with Crippen LogP contribution in [0.5, 0.6) is 0 Å². The molecule has 0 saturated heterocycles. The highest BCUT2D eigenvalue weighted by Crippen LogP contribution is 2.26. The van der Waals surface area contributed by atoms with Gasteiger partial charge in [0.15, 0.2) is 17.2 Å². The molecular weight excluding hydrogens is 677 g/mol. The number of nitrogens with two attached hydrogens (primary N) is 1. The summed E-state index contributed by atoms with van der Waals surface area (Å²) < 4.78 is 8.88. The van der Waals surface area contributed by atoms with Crippen molar-refractivity contribution in [3.8, 4) is 0 Å². The van der Waals surface area contributed by atoms with E-state index in [9.17, 15) is 14.7 Å². The van der Waals surface area contributed by atoms with E-state index < -0.39 is 13.4 Å². The van der Waals surface area contributed by atoms with Crippen LogP contribution in [0.4, 0.5) is 0 Å². The molecule has 0 aliphatic heterocycles. The van der Waals surface area contributed by atoms with Gasteiger partial charge in [0.05, 0.1) is 6.33 Å². The third kappa shape index (κ3) is 39.8. The first-order valence-corrected chi connectivity index (χ1v) is 22.8. The standard InChI is InChI=1S/C38H75NO3.C3H4N2.H3O4P/c1-3-5-7-9-11-13-15-17-19-21-23-25-27-29-31-33-36(40)38(42,35-39)37(41)34-32-30-28-26-24-22-20-18-16-14-12-10-8-6-4-2;1-2-5-3-4-1;1-5(2,3)4/h42H,3-35,39H2,1-2H3;1-3H,(H,4,5);(H3,1,2,3,4). The number of nitrogens with one attached hydrogen (secondary N) is 1. The Morgan fingerprint density at radius 3 is 0.981 bits per heavy atom. The van der Waals surface area contributed by atoms with Crippen molar-refractivity contribution in [1.82, 2.24) is 9.97 Å². The lowest BCUT2D eigenvalue weighted by atomic mass is 9.87. The van der Waals surface area contributed by atoms with Gasteiger partial charge >= 0.3 is 7.82 Å². The zero-order chi connectivity index (χ0) is 39.0. The third-order valence-electron chi connectivity index (χ3n) is 9.64. The van der Waals surface area contributed by atoms with Gasteiger partial charge < -0.3 is 30.5 Å². The highest BCUT2D eigenvalue weighted by atomic mass is 31.2. The van der Waals surface area contributed by atoms with Crippen molar-refractivity contribution in [3.63, 3.8) is 0 Å². The van der Waals surface area contributed by atoms with Gasteiger partial charge in [-0.3, -0.25) is 9.59 Å². The smallest absolute Gasteiger partial charge is 0.374 e. The number of nitrogens with zero attached hydrogens (tertiary/aromatic N) is 1. The summed E-state index contributed by atoms with van der Waals surface area (Å²) in [6.45, 7) is 4.25. The van der Waals surface area contributed by atoms with Gasteiger partial charge in [-0.1, -0.05) is 194 Å². The van der Waals surface area contributed by atoms with E-state index in [2.05, 4.69) is 23.8 Å². The number of hydrogen-bond acceptors (Lipinski definition) is 6. The Bertz CT molecular complexity index is 856. The van der Waals surface area contributed by atoms with E-state index in [-0.39, 0.29) is 31.0 Å². The molecule has 0 aliphatic carbocycles. The predicted molar refractivity (Wildman–Crippen MR) is 216 cm³/mol. The van der Waals surface area contributed by atoms with Crippen LogP contribution in [0.2, 0.25) is 0 Å². The van der Waals surface area contributed by atoms with Crippen LogP contribution >= 0.6 is 7.82 Å². The van der Waals surface area contributed by atoms with Crippen molar-refractivity contribution < 1.29 is 33.9 Å². The second kappa shape index (κ2) is 39.3. The maximum atomic E-state index is 12.7. The second-order valence-corrected chi connectivity index (χ2v) is 15.6. The maximum Gasteiger partial charge on any atom is 0.466 e. The van der Waals surface area contributed by atoms with Gasteiger partial charge in [-0.05, 0) is 12.8 Å². The van der Waals surface area contributed by atoms with Crippen LogP contribution in [0.3, 0.4) is 0 Å². The van der Waals surface area contributed by atoms with Gasteiger partial charge in [-0.2, -0.15) is 0 Å². The maximum absolute atomic E-state index is 12.7. The van der Waals surface area contributed by atoms with Crippen molar-refractivity contribution in [3.05, 3.63) is 18.7 Å². The van der Waals surface area contributed by atoms with E-state index >= 15 is 0 Å². The number of aromatic nitrogens is 2. The van der Waals surface area contributed by atoms with Crippen LogP contribution in [0, 0.1) is 0 Å². The fourth-order valence-electron chi connectivity index (χ4n) is 6.33. The van der Waals surface area contributed by atoms with Gasteiger partial charge in [0.1, 0.15) is 0 Å².